The molecular formula is C19H19N3O2S. The van der Waals surface area contributed by atoms with Crippen LogP contribution < -0.4 is 0 Å². The summed E-state index contributed by atoms with van der Waals surface area (Å²) in [5, 5.41) is 1.92. The largest absolute Gasteiger partial charge is 0.465 e. The van der Waals surface area contributed by atoms with E-state index < -0.39 is 0 Å². The molecule has 3 aromatic rings. The van der Waals surface area contributed by atoms with E-state index in [1.807, 2.05) is 47.8 Å². The first-order chi connectivity index (χ1) is 12.3. The fourth-order valence-corrected chi connectivity index (χ4v) is 3.41. The Morgan fingerprint density at radius 3 is 2.16 bits per heavy atom. The van der Waals surface area contributed by atoms with E-state index in [2.05, 4.69) is 14.9 Å². The third kappa shape index (κ3) is 4.71. The van der Waals surface area contributed by atoms with E-state index in [-0.39, 0.29) is 5.97 Å². The van der Waals surface area contributed by atoms with Gasteiger partial charge in [0.1, 0.15) is 4.88 Å². The predicted molar refractivity (Wildman–Crippen MR) is 97.1 cm³/mol. The Hall–Kier alpha value is -2.57. The van der Waals surface area contributed by atoms with Gasteiger partial charge >= 0.3 is 5.97 Å². The summed E-state index contributed by atoms with van der Waals surface area (Å²) in [6.45, 7) is 1.98. The van der Waals surface area contributed by atoms with Crippen molar-refractivity contribution in [3.63, 3.8) is 0 Å². The molecule has 0 saturated heterocycles. The van der Waals surface area contributed by atoms with Gasteiger partial charge in [0.05, 0.1) is 18.5 Å². The van der Waals surface area contributed by atoms with Crippen LogP contribution in [0.2, 0.25) is 0 Å². The van der Waals surface area contributed by atoms with Gasteiger partial charge in [-0.15, -0.1) is 11.3 Å². The van der Waals surface area contributed by atoms with E-state index >= 15 is 0 Å². The Morgan fingerprint density at radius 2 is 1.64 bits per heavy atom. The van der Waals surface area contributed by atoms with Gasteiger partial charge in [-0.1, -0.05) is 12.1 Å². The SMILES string of the molecule is COC(=O)c1sccc1CN(Cc1ccccn1)Cc1ccccn1. The van der Waals surface area contributed by atoms with Crippen LogP contribution in [0.1, 0.15) is 26.6 Å². The Morgan fingerprint density at radius 1 is 1.00 bits per heavy atom. The molecule has 0 aromatic carbocycles. The van der Waals surface area contributed by atoms with Crippen molar-refractivity contribution in [1.29, 1.82) is 0 Å². The summed E-state index contributed by atoms with van der Waals surface area (Å²) < 4.78 is 4.88. The quantitative estimate of drug-likeness (QED) is 0.608. The zero-order valence-corrected chi connectivity index (χ0v) is 14.8. The Labute approximate surface area is 150 Å². The standard InChI is InChI=1S/C19H19N3O2S/c1-24-19(23)18-15(8-11-25-18)12-22(13-16-6-2-4-9-20-16)14-17-7-3-5-10-21-17/h2-11H,12-14H2,1H3. The average Bonchev–Trinajstić information content (AvgIpc) is 3.11. The maximum absolute atomic E-state index is 11.9. The van der Waals surface area contributed by atoms with E-state index in [0.717, 1.165) is 17.0 Å². The van der Waals surface area contributed by atoms with Crippen molar-refractivity contribution in [1.82, 2.24) is 14.9 Å². The van der Waals surface area contributed by atoms with Gasteiger partial charge in [0, 0.05) is 32.0 Å². The molecule has 0 saturated carbocycles. The monoisotopic (exact) mass is 353 g/mol. The van der Waals surface area contributed by atoms with Crippen LogP contribution in [0.5, 0.6) is 0 Å². The third-order valence-corrected chi connectivity index (χ3v) is 4.67. The number of carbonyl (C=O) groups excluding carboxylic acids is 1. The molecule has 0 atom stereocenters. The number of nitrogens with zero attached hydrogens (tertiary/aromatic N) is 3. The highest BCUT2D eigenvalue weighted by Gasteiger charge is 2.17. The van der Waals surface area contributed by atoms with Gasteiger partial charge in [-0.3, -0.25) is 14.9 Å². The molecule has 0 spiro atoms. The molecule has 6 heteroatoms. The van der Waals surface area contributed by atoms with Gasteiger partial charge in [-0.25, -0.2) is 4.79 Å². The summed E-state index contributed by atoms with van der Waals surface area (Å²) in [7, 11) is 1.41. The van der Waals surface area contributed by atoms with Gasteiger partial charge in [-0.05, 0) is 41.3 Å². The van der Waals surface area contributed by atoms with Crippen LogP contribution in [0.4, 0.5) is 0 Å². The van der Waals surface area contributed by atoms with Crippen LogP contribution in [0, 0.1) is 0 Å². The molecule has 0 aliphatic rings. The van der Waals surface area contributed by atoms with Crippen molar-refractivity contribution >= 4 is 17.3 Å². The molecule has 0 unspecified atom stereocenters. The Bertz CT molecular complexity index is 764. The van der Waals surface area contributed by atoms with Gasteiger partial charge < -0.3 is 4.74 Å². The number of esters is 1. The number of thiophene rings is 1. The lowest BCUT2D eigenvalue weighted by Crippen LogP contribution is -2.24. The highest BCUT2D eigenvalue weighted by molar-refractivity contribution is 7.12. The number of ether oxygens (including phenoxy) is 1. The molecule has 0 aliphatic heterocycles. The van der Waals surface area contributed by atoms with Crippen molar-refractivity contribution in [2.75, 3.05) is 7.11 Å². The van der Waals surface area contributed by atoms with E-state index in [1.165, 1.54) is 18.4 Å². The van der Waals surface area contributed by atoms with E-state index in [0.29, 0.717) is 24.5 Å². The minimum atomic E-state index is -0.291. The zero-order valence-electron chi connectivity index (χ0n) is 14.0. The topological polar surface area (TPSA) is 55.3 Å². The van der Waals surface area contributed by atoms with Crippen molar-refractivity contribution < 1.29 is 9.53 Å². The second-order valence-electron chi connectivity index (χ2n) is 5.55. The smallest absolute Gasteiger partial charge is 0.348 e. The first-order valence-corrected chi connectivity index (χ1v) is 8.81. The molecule has 0 N–H and O–H groups in total. The van der Waals surface area contributed by atoms with Crippen LogP contribution in [0.3, 0.4) is 0 Å². The lowest BCUT2D eigenvalue weighted by Gasteiger charge is -2.21. The van der Waals surface area contributed by atoms with E-state index in [1.54, 1.807) is 12.4 Å². The van der Waals surface area contributed by atoms with E-state index in [4.69, 9.17) is 4.74 Å². The normalized spacial score (nSPS) is 10.8. The third-order valence-electron chi connectivity index (χ3n) is 3.74. The number of methoxy groups -OCH3 is 1. The molecule has 3 heterocycles. The maximum Gasteiger partial charge on any atom is 0.348 e. The van der Waals surface area contributed by atoms with Crippen LogP contribution in [0.15, 0.2) is 60.2 Å². The Balaban J connectivity index is 1.81. The molecule has 0 radical (unpaired) electrons. The van der Waals surface area contributed by atoms with Gasteiger partial charge in [0.15, 0.2) is 0 Å². The number of pyridine rings is 2. The van der Waals surface area contributed by atoms with Crippen molar-refractivity contribution in [2.45, 2.75) is 19.6 Å². The number of hydrogen-bond donors (Lipinski definition) is 0. The summed E-state index contributed by atoms with van der Waals surface area (Å²) in [5.74, 6) is -0.291. The predicted octanol–water partition coefficient (Wildman–Crippen LogP) is 3.53. The fraction of sp³-hybridized carbons (Fsp3) is 0.211. The molecule has 5 nitrogen and oxygen atoms in total. The number of aromatic nitrogens is 2. The first-order valence-electron chi connectivity index (χ1n) is 7.93. The first kappa shape index (κ1) is 17.3. The van der Waals surface area contributed by atoms with Crippen molar-refractivity contribution in [3.05, 3.63) is 82.1 Å². The number of hydrogen-bond acceptors (Lipinski definition) is 6. The van der Waals surface area contributed by atoms with Crippen LogP contribution in [-0.2, 0) is 24.4 Å². The molecule has 0 fully saturated rings. The van der Waals surface area contributed by atoms with Gasteiger partial charge in [0.2, 0.25) is 0 Å². The van der Waals surface area contributed by atoms with Gasteiger partial charge in [-0.2, -0.15) is 0 Å². The number of carbonyl (C=O) groups is 1. The lowest BCUT2D eigenvalue weighted by atomic mass is 10.2. The fourth-order valence-electron chi connectivity index (χ4n) is 2.58. The van der Waals surface area contributed by atoms with Crippen LogP contribution in [0.25, 0.3) is 0 Å². The second kappa shape index (κ2) is 8.50. The molecular weight excluding hydrogens is 334 g/mol. The van der Waals surface area contributed by atoms with Crippen molar-refractivity contribution in [3.8, 4) is 0 Å². The molecule has 0 amide bonds. The van der Waals surface area contributed by atoms with Crippen molar-refractivity contribution in [2.24, 2.45) is 0 Å². The molecule has 3 rings (SSSR count). The zero-order chi connectivity index (χ0) is 17.5. The lowest BCUT2D eigenvalue weighted by molar-refractivity contribution is 0.0604. The summed E-state index contributed by atoms with van der Waals surface area (Å²) in [6.07, 6.45) is 3.58. The summed E-state index contributed by atoms with van der Waals surface area (Å²) in [6, 6.07) is 13.7. The van der Waals surface area contributed by atoms with Crippen LogP contribution in [-0.4, -0.2) is 27.9 Å². The summed E-state index contributed by atoms with van der Waals surface area (Å²) in [4.78, 5) is 23.6. The highest BCUT2D eigenvalue weighted by atomic mass is 32.1. The molecule has 25 heavy (non-hydrogen) atoms. The van der Waals surface area contributed by atoms with E-state index in [9.17, 15) is 4.79 Å². The summed E-state index contributed by atoms with van der Waals surface area (Å²) in [5.41, 5.74) is 2.92. The van der Waals surface area contributed by atoms with Crippen LogP contribution >= 0.6 is 11.3 Å². The maximum atomic E-state index is 11.9. The Kier molecular flexibility index (Phi) is 5.87. The molecule has 128 valence electrons. The highest BCUT2D eigenvalue weighted by Crippen LogP contribution is 2.21. The second-order valence-corrected chi connectivity index (χ2v) is 6.47. The van der Waals surface area contributed by atoms with Gasteiger partial charge in [0.25, 0.3) is 0 Å². The molecule has 3 aromatic heterocycles. The molecule has 0 bridgehead atoms. The minimum absolute atomic E-state index is 0.291. The molecule has 0 aliphatic carbocycles. The minimum Gasteiger partial charge on any atom is -0.465 e. The summed E-state index contributed by atoms with van der Waals surface area (Å²) >= 11 is 1.40. The average molecular weight is 353 g/mol. The number of rotatable bonds is 7.